The average Bonchev–Trinajstić information content (AvgIpc) is 2.81. The van der Waals surface area contributed by atoms with E-state index in [4.69, 9.17) is 14.2 Å². The molecule has 0 aliphatic rings. The lowest BCUT2D eigenvalue weighted by molar-refractivity contribution is 0.0599. The maximum atomic E-state index is 11.9. The lowest BCUT2D eigenvalue weighted by atomic mass is 10.1. The summed E-state index contributed by atoms with van der Waals surface area (Å²) in [6.45, 7) is 0.502. The summed E-state index contributed by atoms with van der Waals surface area (Å²) in [5.41, 5.74) is 2.19. The van der Waals surface area contributed by atoms with Crippen LogP contribution in [0.1, 0.15) is 26.3 Å². The highest BCUT2D eigenvalue weighted by Gasteiger charge is 2.14. The van der Waals surface area contributed by atoms with Crippen LogP contribution < -0.4 is 9.46 Å². The molecule has 0 unspecified atom stereocenters. The zero-order valence-electron chi connectivity index (χ0n) is 16.6. The van der Waals surface area contributed by atoms with Gasteiger partial charge in [-0.25, -0.2) is 9.59 Å². The molecule has 0 bridgehead atoms. The highest BCUT2D eigenvalue weighted by molar-refractivity contribution is 8.00. The molecule has 0 amide bonds. The fourth-order valence-corrected chi connectivity index (χ4v) is 3.25. The van der Waals surface area contributed by atoms with Gasteiger partial charge in [-0.05, 0) is 60.0 Å². The summed E-state index contributed by atoms with van der Waals surface area (Å²) >= 11 is 1.34. The second-order valence-corrected chi connectivity index (χ2v) is 7.11. The van der Waals surface area contributed by atoms with E-state index < -0.39 is 11.9 Å². The Bertz CT molecular complexity index is 972. The number of carbonyl (C=O) groups excluding carboxylic acids is 2. The molecule has 0 atom stereocenters. The number of ether oxygens (including phenoxy) is 3. The van der Waals surface area contributed by atoms with Crippen LogP contribution in [-0.2, 0) is 16.1 Å². The van der Waals surface area contributed by atoms with Crippen molar-refractivity contribution in [2.75, 3.05) is 18.9 Å². The number of esters is 2. The lowest BCUT2D eigenvalue weighted by Crippen LogP contribution is -2.07. The number of anilines is 1. The van der Waals surface area contributed by atoms with Crippen LogP contribution in [0.25, 0.3) is 0 Å². The van der Waals surface area contributed by atoms with Gasteiger partial charge < -0.3 is 18.9 Å². The van der Waals surface area contributed by atoms with Crippen molar-refractivity contribution in [2.24, 2.45) is 0 Å². The van der Waals surface area contributed by atoms with Gasteiger partial charge in [0.15, 0.2) is 0 Å². The second-order valence-electron chi connectivity index (χ2n) is 6.23. The van der Waals surface area contributed by atoms with E-state index in [0.29, 0.717) is 12.3 Å². The summed E-state index contributed by atoms with van der Waals surface area (Å²) in [5.74, 6) is -0.300. The molecule has 0 radical (unpaired) electrons. The van der Waals surface area contributed by atoms with Crippen LogP contribution in [0.2, 0.25) is 0 Å². The molecule has 0 aliphatic carbocycles. The molecule has 0 saturated heterocycles. The minimum absolute atomic E-state index is 0.258. The van der Waals surface area contributed by atoms with E-state index in [1.165, 1.54) is 32.2 Å². The molecule has 30 heavy (non-hydrogen) atoms. The maximum Gasteiger partial charge on any atom is 0.337 e. The van der Waals surface area contributed by atoms with Crippen molar-refractivity contribution in [2.45, 2.75) is 11.5 Å². The first-order valence-corrected chi connectivity index (χ1v) is 9.92. The average molecular weight is 423 g/mol. The van der Waals surface area contributed by atoms with Crippen LogP contribution in [0.15, 0.2) is 77.7 Å². The molecule has 3 aromatic carbocycles. The van der Waals surface area contributed by atoms with Crippen molar-refractivity contribution < 1.29 is 23.8 Å². The summed E-state index contributed by atoms with van der Waals surface area (Å²) in [5, 5.41) is 0. The van der Waals surface area contributed by atoms with Crippen molar-refractivity contribution in [1.82, 2.24) is 0 Å². The summed E-state index contributed by atoms with van der Waals surface area (Å²) in [6.07, 6.45) is 0. The van der Waals surface area contributed by atoms with Crippen LogP contribution in [0.5, 0.6) is 5.75 Å². The topological polar surface area (TPSA) is 73.9 Å². The molecule has 0 heterocycles. The molecular weight excluding hydrogens is 402 g/mol. The molecule has 0 aliphatic heterocycles. The zero-order valence-corrected chi connectivity index (χ0v) is 17.4. The van der Waals surface area contributed by atoms with Gasteiger partial charge in [-0.1, -0.05) is 30.3 Å². The maximum absolute atomic E-state index is 11.9. The van der Waals surface area contributed by atoms with Gasteiger partial charge in [-0.2, -0.15) is 0 Å². The third kappa shape index (κ3) is 5.78. The van der Waals surface area contributed by atoms with E-state index in [9.17, 15) is 9.59 Å². The molecule has 0 saturated carbocycles. The minimum Gasteiger partial charge on any atom is -0.489 e. The fourth-order valence-electron chi connectivity index (χ4n) is 2.62. The largest absolute Gasteiger partial charge is 0.489 e. The monoisotopic (exact) mass is 423 g/mol. The summed E-state index contributed by atoms with van der Waals surface area (Å²) < 4.78 is 18.4. The van der Waals surface area contributed by atoms with Gasteiger partial charge in [0.05, 0.1) is 25.3 Å². The summed E-state index contributed by atoms with van der Waals surface area (Å²) in [4.78, 5) is 24.7. The standard InChI is InChI=1S/C23H21NO5S/c1-27-22(25)17-12-18(23(26)28-2)14-19(13-17)24-30-21-10-8-20(9-11-21)29-15-16-6-4-3-5-7-16/h3-14,24H,15H2,1-2H3. The van der Waals surface area contributed by atoms with Crippen molar-refractivity contribution in [1.29, 1.82) is 0 Å². The molecular formula is C23H21NO5S. The Hall–Kier alpha value is -3.45. The highest BCUT2D eigenvalue weighted by Crippen LogP contribution is 2.26. The molecule has 7 heteroatoms. The SMILES string of the molecule is COC(=O)c1cc(NSc2ccc(OCc3ccccc3)cc2)cc(C(=O)OC)c1. The molecule has 154 valence electrons. The number of benzene rings is 3. The van der Waals surface area contributed by atoms with Gasteiger partial charge in [-0.15, -0.1) is 0 Å². The van der Waals surface area contributed by atoms with Gasteiger partial charge in [0.25, 0.3) is 0 Å². The smallest absolute Gasteiger partial charge is 0.337 e. The van der Waals surface area contributed by atoms with Crippen LogP contribution in [0.4, 0.5) is 5.69 Å². The predicted molar refractivity (Wildman–Crippen MR) is 116 cm³/mol. The van der Waals surface area contributed by atoms with E-state index in [-0.39, 0.29) is 11.1 Å². The molecule has 0 spiro atoms. The van der Waals surface area contributed by atoms with Crippen LogP contribution in [-0.4, -0.2) is 26.2 Å². The Kier molecular flexibility index (Phi) is 7.34. The Labute approximate surface area is 179 Å². The van der Waals surface area contributed by atoms with Crippen molar-refractivity contribution >= 4 is 29.6 Å². The first-order chi connectivity index (χ1) is 14.6. The van der Waals surface area contributed by atoms with E-state index >= 15 is 0 Å². The summed E-state index contributed by atoms with van der Waals surface area (Å²) in [6, 6.07) is 22.2. The number of nitrogens with one attached hydrogen (secondary N) is 1. The second kappa shape index (κ2) is 10.4. The highest BCUT2D eigenvalue weighted by atomic mass is 32.2. The molecule has 3 rings (SSSR count). The lowest BCUT2D eigenvalue weighted by Gasteiger charge is -2.10. The Morgan fingerprint density at radius 1 is 0.833 bits per heavy atom. The van der Waals surface area contributed by atoms with Crippen LogP contribution in [0, 0.1) is 0 Å². The first kappa shape index (κ1) is 21.3. The molecule has 3 aromatic rings. The molecule has 0 fully saturated rings. The van der Waals surface area contributed by atoms with E-state index in [0.717, 1.165) is 16.2 Å². The normalized spacial score (nSPS) is 10.2. The predicted octanol–water partition coefficient (Wildman–Crippen LogP) is 4.96. The van der Waals surface area contributed by atoms with Gasteiger partial charge >= 0.3 is 11.9 Å². The number of methoxy groups -OCH3 is 2. The first-order valence-electron chi connectivity index (χ1n) is 9.10. The van der Waals surface area contributed by atoms with Crippen molar-refractivity contribution in [3.05, 3.63) is 89.5 Å². The third-order valence-corrected chi connectivity index (χ3v) is 4.98. The zero-order chi connectivity index (χ0) is 21.3. The minimum atomic E-state index is -0.534. The number of hydrogen-bond acceptors (Lipinski definition) is 7. The van der Waals surface area contributed by atoms with E-state index in [1.54, 1.807) is 12.1 Å². The van der Waals surface area contributed by atoms with Crippen molar-refractivity contribution in [3.8, 4) is 5.75 Å². The van der Waals surface area contributed by atoms with Gasteiger partial charge in [0.2, 0.25) is 0 Å². The Morgan fingerprint density at radius 2 is 1.43 bits per heavy atom. The quantitative estimate of drug-likeness (QED) is 0.405. The van der Waals surface area contributed by atoms with E-state index in [1.807, 2.05) is 54.6 Å². The number of carbonyl (C=O) groups is 2. The van der Waals surface area contributed by atoms with Gasteiger partial charge in [0.1, 0.15) is 12.4 Å². The van der Waals surface area contributed by atoms with E-state index in [2.05, 4.69) is 4.72 Å². The number of rotatable bonds is 8. The van der Waals surface area contributed by atoms with Crippen LogP contribution in [0.3, 0.4) is 0 Å². The van der Waals surface area contributed by atoms with Crippen LogP contribution >= 0.6 is 11.9 Å². The summed E-state index contributed by atoms with van der Waals surface area (Å²) in [7, 11) is 2.58. The molecule has 0 aromatic heterocycles. The van der Waals surface area contributed by atoms with Gasteiger partial charge in [-0.3, -0.25) is 0 Å². The number of hydrogen-bond donors (Lipinski definition) is 1. The van der Waals surface area contributed by atoms with Gasteiger partial charge in [0, 0.05) is 10.6 Å². The van der Waals surface area contributed by atoms with Crippen molar-refractivity contribution in [3.63, 3.8) is 0 Å². The Balaban J connectivity index is 1.64. The third-order valence-electron chi connectivity index (χ3n) is 4.13. The molecule has 6 nitrogen and oxygen atoms in total. The Morgan fingerprint density at radius 3 is 2.00 bits per heavy atom. The molecule has 1 N–H and O–H groups in total. The fraction of sp³-hybridized carbons (Fsp3) is 0.130.